The maximum Gasteiger partial charge on any atom is 0.133 e. The molecule has 1 fully saturated rings. The lowest BCUT2D eigenvalue weighted by Crippen LogP contribution is -2.48. The van der Waals surface area contributed by atoms with E-state index >= 15 is 0 Å². The number of piperidine rings is 1. The normalized spacial score (nSPS) is 17.4. The van der Waals surface area contributed by atoms with Crippen molar-refractivity contribution in [2.45, 2.75) is 19.3 Å². The minimum absolute atomic E-state index is 1.07. The zero-order valence-corrected chi connectivity index (χ0v) is 12.9. The van der Waals surface area contributed by atoms with E-state index in [1.54, 1.807) is 0 Å². The van der Waals surface area contributed by atoms with Crippen LogP contribution in [-0.4, -0.2) is 20.1 Å². The molecule has 0 atom stereocenters. The predicted molar refractivity (Wildman–Crippen MR) is 92.3 cm³/mol. The van der Waals surface area contributed by atoms with Gasteiger partial charge < -0.3 is 0 Å². The van der Waals surface area contributed by atoms with Crippen LogP contribution in [0.15, 0.2) is 61.2 Å². The monoisotopic (exact) mass is 278 g/mol. The van der Waals surface area contributed by atoms with E-state index in [4.69, 9.17) is 0 Å². The van der Waals surface area contributed by atoms with Gasteiger partial charge in [0.2, 0.25) is 0 Å². The largest absolute Gasteiger partial charge is 0.294 e. The lowest BCUT2D eigenvalue weighted by molar-refractivity contribution is 0.274. The van der Waals surface area contributed by atoms with Gasteiger partial charge >= 0.3 is 0 Å². The Kier molecular flexibility index (Phi) is 3.94. The Balaban J connectivity index is 1.91. The standard InChI is InChI=1S/C20H24N/c1-17(18-10-5-3-6-11-18)19-12-9-13-20(16-19)21(2)14-7-4-8-15-21/h3,5-6,9-13,16H,1,4,7-8,14-15H2,2H3/q+1. The zero-order chi connectivity index (χ0) is 14.7. The number of hydrogen-bond acceptors (Lipinski definition) is 0. The van der Waals surface area contributed by atoms with Gasteiger partial charge in [-0.1, -0.05) is 49.0 Å². The van der Waals surface area contributed by atoms with E-state index in [0.29, 0.717) is 0 Å². The first-order valence-electron chi connectivity index (χ1n) is 7.89. The van der Waals surface area contributed by atoms with Crippen molar-refractivity contribution in [2.24, 2.45) is 0 Å². The Morgan fingerprint density at radius 1 is 0.857 bits per heavy atom. The molecule has 1 heterocycles. The summed E-state index contributed by atoms with van der Waals surface area (Å²) in [6.45, 7) is 6.80. The summed E-state index contributed by atoms with van der Waals surface area (Å²) in [5, 5.41) is 0. The highest BCUT2D eigenvalue weighted by Crippen LogP contribution is 2.30. The molecule has 0 saturated carbocycles. The number of hydrogen-bond donors (Lipinski definition) is 0. The Bertz CT molecular complexity index is 621. The van der Waals surface area contributed by atoms with E-state index in [9.17, 15) is 0 Å². The van der Waals surface area contributed by atoms with Crippen molar-refractivity contribution in [3.8, 4) is 0 Å². The molecule has 0 N–H and O–H groups in total. The molecule has 1 aliphatic rings. The molecular formula is C20H24N+. The van der Waals surface area contributed by atoms with Crippen LogP contribution in [-0.2, 0) is 0 Å². The fourth-order valence-corrected chi connectivity index (χ4v) is 3.30. The van der Waals surface area contributed by atoms with E-state index in [0.717, 1.165) is 10.1 Å². The van der Waals surface area contributed by atoms with Crippen molar-refractivity contribution < 1.29 is 0 Å². The highest BCUT2D eigenvalue weighted by molar-refractivity contribution is 5.79. The fraction of sp³-hybridized carbons (Fsp3) is 0.300. The minimum Gasteiger partial charge on any atom is -0.294 e. The van der Waals surface area contributed by atoms with Crippen molar-refractivity contribution in [2.75, 3.05) is 20.1 Å². The molecule has 1 nitrogen and oxygen atoms in total. The summed E-state index contributed by atoms with van der Waals surface area (Å²) in [4.78, 5) is 0. The summed E-state index contributed by atoms with van der Waals surface area (Å²) in [5.41, 5.74) is 4.98. The molecule has 0 radical (unpaired) electrons. The van der Waals surface area contributed by atoms with Gasteiger partial charge in [0.1, 0.15) is 5.69 Å². The third-order valence-corrected chi connectivity index (χ3v) is 4.74. The summed E-state index contributed by atoms with van der Waals surface area (Å²) in [7, 11) is 2.36. The molecule has 0 bridgehead atoms. The number of rotatable bonds is 3. The highest BCUT2D eigenvalue weighted by Gasteiger charge is 2.27. The van der Waals surface area contributed by atoms with Gasteiger partial charge in [-0.2, -0.15) is 0 Å². The molecule has 1 heteroatoms. The molecule has 0 aliphatic carbocycles. The van der Waals surface area contributed by atoms with Gasteiger partial charge in [0.15, 0.2) is 0 Å². The number of likely N-dealkylation sites (tertiary alicyclic amines) is 1. The Hall–Kier alpha value is -1.86. The van der Waals surface area contributed by atoms with Crippen LogP contribution in [0.1, 0.15) is 30.4 Å². The Morgan fingerprint density at radius 3 is 2.24 bits per heavy atom. The molecule has 0 unspecified atom stereocenters. The van der Waals surface area contributed by atoms with Crippen molar-refractivity contribution >= 4 is 11.3 Å². The molecule has 3 rings (SSSR count). The van der Waals surface area contributed by atoms with E-state index in [1.807, 2.05) is 6.07 Å². The van der Waals surface area contributed by atoms with Crippen LogP contribution in [0.25, 0.3) is 5.57 Å². The lowest BCUT2D eigenvalue weighted by atomic mass is 9.98. The van der Waals surface area contributed by atoms with Crippen LogP contribution < -0.4 is 4.48 Å². The van der Waals surface area contributed by atoms with Crippen molar-refractivity contribution in [1.29, 1.82) is 0 Å². The maximum absolute atomic E-state index is 4.30. The van der Waals surface area contributed by atoms with Gasteiger partial charge in [-0.05, 0) is 42.0 Å². The summed E-state index contributed by atoms with van der Waals surface area (Å²) in [6, 6.07) is 19.4. The molecule has 1 saturated heterocycles. The average molecular weight is 278 g/mol. The maximum atomic E-state index is 4.30. The van der Waals surface area contributed by atoms with Crippen LogP contribution in [0, 0.1) is 0 Å². The summed E-state index contributed by atoms with van der Waals surface area (Å²) in [6.07, 6.45) is 4.05. The quantitative estimate of drug-likeness (QED) is 0.703. The van der Waals surface area contributed by atoms with Gasteiger partial charge in [0, 0.05) is 6.07 Å². The van der Waals surface area contributed by atoms with Crippen LogP contribution in [0.4, 0.5) is 5.69 Å². The second-order valence-corrected chi connectivity index (χ2v) is 6.30. The predicted octanol–water partition coefficient (Wildman–Crippen LogP) is 4.87. The molecule has 0 amide bonds. The van der Waals surface area contributed by atoms with E-state index < -0.39 is 0 Å². The number of nitrogens with zero attached hydrogens (tertiary/aromatic N) is 1. The Labute approximate surface area is 128 Å². The van der Waals surface area contributed by atoms with Crippen molar-refractivity contribution in [3.63, 3.8) is 0 Å². The SMILES string of the molecule is C=C(c1ccccc1)c1cccc([N+]2(C)CCCCC2)c1. The molecule has 21 heavy (non-hydrogen) atoms. The van der Waals surface area contributed by atoms with Crippen LogP contribution in [0.2, 0.25) is 0 Å². The van der Waals surface area contributed by atoms with Crippen LogP contribution >= 0.6 is 0 Å². The average Bonchev–Trinajstić information content (AvgIpc) is 2.56. The van der Waals surface area contributed by atoms with Crippen LogP contribution in [0.3, 0.4) is 0 Å². The first kappa shape index (κ1) is 14.1. The van der Waals surface area contributed by atoms with E-state index in [1.165, 1.54) is 49.2 Å². The van der Waals surface area contributed by atoms with Crippen molar-refractivity contribution in [3.05, 3.63) is 72.3 Å². The van der Waals surface area contributed by atoms with Crippen molar-refractivity contribution in [1.82, 2.24) is 4.48 Å². The van der Waals surface area contributed by atoms with Gasteiger partial charge in [-0.25, -0.2) is 0 Å². The third kappa shape index (κ3) is 2.93. The second kappa shape index (κ2) is 5.87. The lowest BCUT2D eigenvalue weighted by Gasteiger charge is -2.37. The Morgan fingerprint density at radius 2 is 1.52 bits per heavy atom. The third-order valence-electron chi connectivity index (χ3n) is 4.74. The molecule has 108 valence electrons. The molecule has 0 spiro atoms. The van der Waals surface area contributed by atoms with Gasteiger partial charge in [-0.15, -0.1) is 0 Å². The summed E-state index contributed by atoms with van der Waals surface area (Å²) in [5.74, 6) is 0. The van der Waals surface area contributed by atoms with Gasteiger partial charge in [-0.3, -0.25) is 4.48 Å². The summed E-state index contributed by atoms with van der Waals surface area (Å²) < 4.78 is 1.07. The first-order chi connectivity index (χ1) is 10.2. The molecule has 2 aromatic rings. The van der Waals surface area contributed by atoms with Gasteiger partial charge in [0.25, 0.3) is 0 Å². The number of quaternary nitrogens is 1. The first-order valence-corrected chi connectivity index (χ1v) is 7.89. The van der Waals surface area contributed by atoms with E-state index in [-0.39, 0.29) is 0 Å². The molecule has 1 aliphatic heterocycles. The molecule has 0 aromatic heterocycles. The topological polar surface area (TPSA) is 0 Å². The second-order valence-electron chi connectivity index (χ2n) is 6.30. The van der Waals surface area contributed by atoms with E-state index in [2.05, 4.69) is 62.2 Å². The smallest absolute Gasteiger partial charge is 0.133 e. The fourth-order valence-electron chi connectivity index (χ4n) is 3.30. The summed E-state index contributed by atoms with van der Waals surface area (Å²) >= 11 is 0. The van der Waals surface area contributed by atoms with Crippen LogP contribution in [0.5, 0.6) is 0 Å². The minimum atomic E-state index is 1.07. The number of benzene rings is 2. The molecule has 2 aromatic carbocycles. The molecular weight excluding hydrogens is 254 g/mol. The van der Waals surface area contributed by atoms with Gasteiger partial charge in [0.05, 0.1) is 20.1 Å². The zero-order valence-electron chi connectivity index (χ0n) is 12.9. The highest BCUT2D eigenvalue weighted by atomic mass is 15.3.